The molecule has 4 heteroatoms. The van der Waals surface area contributed by atoms with E-state index < -0.39 is 0 Å². The maximum absolute atomic E-state index is 6.26. The molecule has 18 heavy (non-hydrogen) atoms. The normalized spacial score (nSPS) is 10.9. The second-order valence-corrected chi connectivity index (χ2v) is 5.10. The Kier molecular flexibility index (Phi) is 4.26. The monoisotopic (exact) mass is 263 g/mol. The van der Waals surface area contributed by atoms with Gasteiger partial charge < -0.3 is 5.32 Å². The van der Waals surface area contributed by atoms with Crippen molar-refractivity contribution in [3.05, 3.63) is 41.7 Å². The number of anilines is 1. The maximum atomic E-state index is 6.26. The summed E-state index contributed by atoms with van der Waals surface area (Å²) in [5, 5.41) is 8.37. The number of nitrogens with zero attached hydrogens (tertiary/aromatic N) is 2. The zero-order valence-corrected chi connectivity index (χ0v) is 11.5. The molecular weight excluding hydrogens is 246 g/mol. The van der Waals surface area contributed by atoms with Crippen LogP contribution in [0, 0.1) is 5.92 Å². The van der Waals surface area contributed by atoms with Crippen molar-refractivity contribution >= 4 is 17.3 Å². The van der Waals surface area contributed by atoms with Gasteiger partial charge in [-0.1, -0.05) is 31.5 Å². The van der Waals surface area contributed by atoms with Gasteiger partial charge in [0.1, 0.15) is 5.69 Å². The third-order valence-electron chi connectivity index (χ3n) is 2.76. The Labute approximate surface area is 113 Å². The number of hydrogen-bond donors (Lipinski definition) is 1. The fourth-order valence-corrected chi connectivity index (χ4v) is 2.05. The van der Waals surface area contributed by atoms with Crippen LogP contribution in [-0.2, 0) is 0 Å². The molecule has 1 N–H and O–H groups in total. The largest absolute Gasteiger partial charge is 0.383 e. The smallest absolute Gasteiger partial charge is 0.106 e. The number of benzene rings is 1. The molecule has 2 aromatic rings. The van der Waals surface area contributed by atoms with E-state index in [4.69, 9.17) is 11.6 Å². The molecule has 0 atom stereocenters. The summed E-state index contributed by atoms with van der Waals surface area (Å²) in [6.45, 7) is 5.37. The van der Waals surface area contributed by atoms with Crippen molar-refractivity contribution in [2.45, 2.75) is 20.3 Å². The van der Waals surface area contributed by atoms with Crippen molar-refractivity contribution in [1.29, 1.82) is 0 Å². The zero-order valence-electron chi connectivity index (χ0n) is 10.7. The van der Waals surface area contributed by atoms with Crippen LogP contribution < -0.4 is 5.32 Å². The Morgan fingerprint density at radius 1 is 1.33 bits per heavy atom. The van der Waals surface area contributed by atoms with Crippen molar-refractivity contribution in [3.8, 4) is 5.69 Å². The maximum Gasteiger partial charge on any atom is 0.106 e. The topological polar surface area (TPSA) is 29.9 Å². The molecule has 1 aromatic heterocycles. The van der Waals surface area contributed by atoms with Crippen molar-refractivity contribution in [2.75, 3.05) is 11.9 Å². The van der Waals surface area contributed by atoms with E-state index in [0.29, 0.717) is 10.9 Å². The molecule has 1 aromatic carbocycles. The molecule has 0 unspecified atom stereocenters. The van der Waals surface area contributed by atoms with Gasteiger partial charge in [-0.25, -0.2) is 4.68 Å². The molecule has 0 fully saturated rings. The summed E-state index contributed by atoms with van der Waals surface area (Å²) < 4.78 is 1.79. The second-order valence-electron chi connectivity index (χ2n) is 4.70. The van der Waals surface area contributed by atoms with E-state index in [1.54, 1.807) is 10.9 Å². The summed E-state index contributed by atoms with van der Waals surface area (Å²) in [6.07, 6.45) is 4.78. The minimum absolute atomic E-state index is 0.685. The van der Waals surface area contributed by atoms with Crippen LogP contribution in [0.4, 0.5) is 5.69 Å². The van der Waals surface area contributed by atoms with Crippen molar-refractivity contribution in [3.63, 3.8) is 0 Å². The Hall–Kier alpha value is -1.48. The number of halogens is 1. The molecule has 0 aliphatic heterocycles. The molecule has 0 bridgehead atoms. The van der Waals surface area contributed by atoms with E-state index in [9.17, 15) is 0 Å². The van der Waals surface area contributed by atoms with Crippen molar-refractivity contribution < 1.29 is 0 Å². The first-order valence-electron chi connectivity index (χ1n) is 6.21. The molecule has 0 saturated heterocycles. The van der Waals surface area contributed by atoms with Gasteiger partial charge in [0.25, 0.3) is 0 Å². The number of rotatable bonds is 5. The first-order valence-corrected chi connectivity index (χ1v) is 6.58. The van der Waals surface area contributed by atoms with Crippen LogP contribution in [0.5, 0.6) is 0 Å². The van der Waals surface area contributed by atoms with Gasteiger partial charge in [-0.3, -0.25) is 0 Å². The second kappa shape index (κ2) is 5.91. The first-order chi connectivity index (χ1) is 8.68. The lowest BCUT2D eigenvalue weighted by Gasteiger charge is -2.14. The standard InChI is InChI=1S/C14H18ClN3/c1-11(2)7-9-16-13-6-3-5-12(15)14(13)18-10-4-8-17-18/h3-6,8,10-11,16H,7,9H2,1-2H3. The molecule has 0 aliphatic carbocycles. The molecule has 96 valence electrons. The average Bonchev–Trinajstić information content (AvgIpc) is 2.82. The molecule has 1 heterocycles. The number of aromatic nitrogens is 2. The number of para-hydroxylation sites is 1. The van der Waals surface area contributed by atoms with Crippen LogP contribution in [0.1, 0.15) is 20.3 Å². The van der Waals surface area contributed by atoms with E-state index in [1.165, 1.54) is 0 Å². The van der Waals surface area contributed by atoms with Gasteiger partial charge in [-0.15, -0.1) is 0 Å². The van der Waals surface area contributed by atoms with Gasteiger partial charge >= 0.3 is 0 Å². The van der Waals surface area contributed by atoms with E-state index in [-0.39, 0.29) is 0 Å². The van der Waals surface area contributed by atoms with Crippen molar-refractivity contribution in [2.24, 2.45) is 5.92 Å². The molecule has 0 spiro atoms. The summed E-state index contributed by atoms with van der Waals surface area (Å²) in [6, 6.07) is 7.75. The minimum atomic E-state index is 0.685. The molecule has 2 rings (SSSR count). The van der Waals surface area contributed by atoms with Crippen LogP contribution in [0.25, 0.3) is 5.69 Å². The van der Waals surface area contributed by atoms with Gasteiger partial charge in [-0.05, 0) is 30.5 Å². The number of nitrogens with one attached hydrogen (secondary N) is 1. The lowest BCUT2D eigenvalue weighted by atomic mass is 10.1. The zero-order chi connectivity index (χ0) is 13.0. The van der Waals surface area contributed by atoms with Gasteiger partial charge in [0.05, 0.1) is 10.7 Å². The lowest BCUT2D eigenvalue weighted by Crippen LogP contribution is -2.08. The average molecular weight is 264 g/mol. The molecule has 0 saturated carbocycles. The Morgan fingerprint density at radius 2 is 2.17 bits per heavy atom. The van der Waals surface area contributed by atoms with E-state index >= 15 is 0 Å². The summed E-state index contributed by atoms with van der Waals surface area (Å²) in [7, 11) is 0. The highest BCUT2D eigenvalue weighted by atomic mass is 35.5. The fraction of sp³-hybridized carbons (Fsp3) is 0.357. The van der Waals surface area contributed by atoms with Crippen LogP contribution in [0.3, 0.4) is 0 Å². The number of hydrogen-bond acceptors (Lipinski definition) is 2. The molecule has 0 aliphatic rings. The van der Waals surface area contributed by atoms with Gasteiger partial charge in [0.15, 0.2) is 0 Å². The highest BCUT2D eigenvalue weighted by Crippen LogP contribution is 2.27. The molecule has 0 radical (unpaired) electrons. The van der Waals surface area contributed by atoms with Gasteiger partial charge in [-0.2, -0.15) is 5.10 Å². The summed E-state index contributed by atoms with van der Waals surface area (Å²) >= 11 is 6.26. The third-order valence-corrected chi connectivity index (χ3v) is 3.06. The quantitative estimate of drug-likeness (QED) is 0.884. The van der Waals surface area contributed by atoms with Crippen LogP contribution in [0.2, 0.25) is 5.02 Å². The fourth-order valence-electron chi connectivity index (χ4n) is 1.79. The van der Waals surface area contributed by atoms with Crippen LogP contribution in [0.15, 0.2) is 36.7 Å². The molecular formula is C14H18ClN3. The Morgan fingerprint density at radius 3 is 2.83 bits per heavy atom. The SMILES string of the molecule is CC(C)CCNc1cccc(Cl)c1-n1cccn1. The Balaban J connectivity index is 2.22. The summed E-state index contributed by atoms with van der Waals surface area (Å²) in [5.74, 6) is 0.685. The molecule has 0 amide bonds. The van der Waals surface area contributed by atoms with Gasteiger partial charge in [0.2, 0.25) is 0 Å². The predicted octanol–water partition coefficient (Wildman–Crippen LogP) is 3.98. The van der Waals surface area contributed by atoms with E-state index in [1.807, 2.05) is 30.5 Å². The minimum Gasteiger partial charge on any atom is -0.383 e. The highest BCUT2D eigenvalue weighted by Gasteiger charge is 2.09. The van der Waals surface area contributed by atoms with Crippen LogP contribution >= 0.6 is 11.6 Å². The van der Waals surface area contributed by atoms with Crippen LogP contribution in [-0.4, -0.2) is 16.3 Å². The molecule has 3 nitrogen and oxygen atoms in total. The lowest BCUT2D eigenvalue weighted by molar-refractivity contribution is 0.607. The third kappa shape index (κ3) is 3.05. The predicted molar refractivity (Wildman–Crippen MR) is 76.5 cm³/mol. The summed E-state index contributed by atoms with van der Waals surface area (Å²) in [5.41, 5.74) is 1.93. The Bertz CT molecular complexity index is 492. The highest BCUT2D eigenvalue weighted by molar-refractivity contribution is 6.33. The van der Waals surface area contributed by atoms with Crippen molar-refractivity contribution in [1.82, 2.24) is 9.78 Å². The van der Waals surface area contributed by atoms with E-state index in [2.05, 4.69) is 24.3 Å². The van der Waals surface area contributed by atoms with Gasteiger partial charge in [0, 0.05) is 18.9 Å². The van der Waals surface area contributed by atoms with E-state index in [0.717, 1.165) is 24.3 Å². The first kappa shape index (κ1) is 13.0. The summed E-state index contributed by atoms with van der Waals surface area (Å²) in [4.78, 5) is 0.